The Hall–Kier alpha value is -1.00. The van der Waals surface area contributed by atoms with E-state index in [0.29, 0.717) is 5.92 Å². The van der Waals surface area contributed by atoms with Gasteiger partial charge in [-0.1, -0.05) is 30.3 Å². The van der Waals surface area contributed by atoms with E-state index >= 15 is 0 Å². The monoisotopic (exact) mass is 292 g/mol. The number of likely N-dealkylation sites (tertiary alicyclic amines) is 1. The van der Waals surface area contributed by atoms with Crippen molar-refractivity contribution in [2.75, 3.05) is 25.1 Å². The minimum Gasteiger partial charge on any atom is -0.341 e. The fourth-order valence-electron chi connectivity index (χ4n) is 2.75. The summed E-state index contributed by atoms with van der Waals surface area (Å²) in [5.41, 5.74) is 7.34. The topological polar surface area (TPSA) is 46.3 Å². The SMILES string of the molecule is CSCC[C@H](N)C(=O)N1CCC(Cc2ccccc2)C1. The molecular weight excluding hydrogens is 268 g/mol. The molecule has 1 fully saturated rings. The fourth-order valence-corrected chi connectivity index (χ4v) is 3.24. The third-order valence-corrected chi connectivity index (χ3v) is 4.56. The first kappa shape index (κ1) is 15.4. The van der Waals surface area contributed by atoms with Gasteiger partial charge in [-0.2, -0.15) is 11.8 Å². The molecule has 3 nitrogen and oxygen atoms in total. The maximum absolute atomic E-state index is 12.2. The highest BCUT2D eigenvalue weighted by Crippen LogP contribution is 2.21. The molecule has 0 saturated carbocycles. The van der Waals surface area contributed by atoms with Crippen molar-refractivity contribution in [1.82, 2.24) is 4.90 Å². The van der Waals surface area contributed by atoms with Crippen molar-refractivity contribution in [2.45, 2.75) is 25.3 Å². The molecule has 1 heterocycles. The van der Waals surface area contributed by atoms with Crippen LogP contribution in [0.5, 0.6) is 0 Å². The van der Waals surface area contributed by atoms with E-state index in [0.717, 1.165) is 38.1 Å². The molecule has 4 heteroatoms. The molecule has 1 aliphatic rings. The molecule has 1 aliphatic heterocycles. The van der Waals surface area contributed by atoms with Crippen LogP contribution >= 0.6 is 11.8 Å². The van der Waals surface area contributed by atoms with Gasteiger partial charge >= 0.3 is 0 Å². The summed E-state index contributed by atoms with van der Waals surface area (Å²) in [5.74, 6) is 1.66. The van der Waals surface area contributed by atoms with E-state index in [4.69, 9.17) is 5.73 Å². The van der Waals surface area contributed by atoms with E-state index in [2.05, 4.69) is 24.3 Å². The predicted octanol–water partition coefficient (Wildman–Crippen LogP) is 2.16. The normalized spacial score (nSPS) is 20.1. The lowest BCUT2D eigenvalue weighted by Gasteiger charge is -2.20. The molecule has 0 aromatic heterocycles. The third-order valence-electron chi connectivity index (χ3n) is 3.91. The molecule has 110 valence electrons. The Morgan fingerprint density at radius 2 is 2.20 bits per heavy atom. The predicted molar refractivity (Wildman–Crippen MR) is 85.8 cm³/mol. The highest BCUT2D eigenvalue weighted by Gasteiger charge is 2.28. The zero-order valence-electron chi connectivity index (χ0n) is 12.1. The molecule has 0 bridgehead atoms. The average molecular weight is 292 g/mol. The Bertz CT molecular complexity index is 424. The standard InChI is InChI=1S/C16H24N2OS/c1-20-10-8-15(17)16(19)18-9-7-14(12-18)11-13-5-3-2-4-6-13/h2-6,14-15H,7-12,17H2,1H3/t14?,15-/m0/s1. The number of carbonyl (C=O) groups excluding carboxylic acids is 1. The van der Waals surface area contributed by atoms with Gasteiger partial charge in [0.25, 0.3) is 0 Å². The summed E-state index contributed by atoms with van der Waals surface area (Å²) in [6.45, 7) is 1.73. The molecule has 0 radical (unpaired) electrons. The Labute approximate surface area is 125 Å². The summed E-state index contributed by atoms with van der Waals surface area (Å²) < 4.78 is 0. The smallest absolute Gasteiger partial charge is 0.239 e. The second-order valence-corrected chi connectivity index (χ2v) is 6.50. The molecule has 2 rings (SSSR count). The number of thioether (sulfide) groups is 1. The molecule has 2 atom stereocenters. The number of benzene rings is 1. The molecule has 1 aromatic rings. The fraction of sp³-hybridized carbons (Fsp3) is 0.562. The lowest BCUT2D eigenvalue weighted by Crippen LogP contribution is -2.43. The number of amides is 1. The molecule has 0 spiro atoms. The Kier molecular flexibility index (Phi) is 5.92. The first-order chi connectivity index (χ1) is 9.70. The van der Waals surface area contributed by atoms with E-state index in [1.54, 1.807) is 11.8 Å². The van der Waals surface area contributed by atoms with Crippen molar-refractivity contribution < 1.29 is 4.79 Å². The van der Waals surface area contributed by atoms with Crippen LogP contribution in [0.15, 0.2) is 30.3 Å². The van der Waals surface area contributed by atoms with Gasteiger partial charge in [0.1, 0.15) is 0 Å². The van der Waals surface area contributed by atoms with Gasteiger partial charge < -0.3 is 10.6 Å². The van der Waals surface area contributed by atoms with Crippen molar-refractivity contribution in [2.24, 2.45) is 11.7 Å². The van der Waals surface area contributed by atoms with Gasteiger partial charge in [-0.05, 0) is 42.8 Å². The highest BCUT2D eigenvalue weighted by atomic mass is 32.2. The van der Waals surface area contributed by atoms with Crippen LogP contribution in [0.1, 0.15) is 18.4 Å². The molecular formula is C16H24N2OS. The second kappa shape index (κ2) is 7.70. The van der Waals surface area contributed by atoms with Gasteiger partial charge in [-0.15, -0.1) is 0 Å². The zero-order chi connectivity index (χ0) is 14.4. The van der Waals surface area contributed by atoms with Gasteiger partial charge in [0.2, 0.25) is 5.91 Å². The summed E-state index contributed by atoms with van der Waals surface area (Å²) in [6, 6.07) is 10.2. The van der Waals surface area contributed by atoms with Gasteiger partial charge in [-0.3, -0.25) is 4.79 Å². The molecule has 1 saturated heterocycles. The number of hydrogen-bond acceptors (Lipinski definition) is 3. The molecule has 1 amide bonds. The van der Waals surface area contributed by atoms with E-state index < -0.39 is 0 Å². The summed E-state index contributed by atoms with van der Waals surface area (Å²) >= 11 is 1.74. The van der Waals surface area contributed by atoms with Crippen LogP contribution in [0.3, 0.4) is 0 Å². The summed E-state index contributed by atoms with van der Waals surface area (Å²) in [5, 5.41) is 0. The average Bonchev–Trinajstić information content (AvgIpc) is 2.93. The van der Waals surface area contributed by atoms with Crippen LogP contribution < -0.4 is 5.73 Å². The summed E-state index contributed by atoms with van der Waals surface area (Å²) in [6.07, 6.45) is 4.98. The van der Waals surface area contributed by atoms with E-state index in [-0.39, 0.29) is 11.9 Å². The lowest BCUT2D eigenvalue weighted by molar-refractivity contribution is -0.131. The number of nitrogens with zero attached hydrogens (tertiary/aromatic N) is 1. The molecule has 0 aliphatic carbocycles. The van der Waals surface area contributed by atoms with Crippen molar-refractivity contribution in [3.05, 3.63) is 35.9 Å². The minimum atomic E-state index is -0.321. The molecule has 1 aromatic carbocycles. The van der Waals surface area contributed by atoms with Crippen LogP contribution in [-0.4, -0.2) is 41.9 Å². The van der Waals surface area contributed by atoms with Gasteiger partial charge in [0.15, 0.2) is 0 Å². The van der Waals surface area contributed by atoms with Crippen molar-refractivity contribution in [3.8, 4) is 0 Å². The van der Waals surface area contributed by atoms with Crippen LogP contribution in [0.25, 0.3) is 0 Å². The van der Waals surface area contributed by atoms with Crippen LogP contribution in [0.2, 0.25) is 0 Å². The molecule has 20 heavy (non-hydrogen) atoms. The number of hydrogen-bond donors (Lipinski definition) is 1. The van der Waals surface area contributed by atoms with Crippen LogP contribution in [0, 0.1) is 5.92 Å². The Balaban J connectivity index is 1.81. The molecule has 1 unspecified atom stereocenters. The quantitative estimate of drug-likeness (QED) is 0.874. The first-order valence-corrected chi connectivity index (χ1v) is 8.67. The van der Waals surface area contributed by atoms with Crippen LogP contribution in [0.4, 0.5) is 0 Å². The van der Waals surface area contributed by atoms with E-state index in [1.165, 1.54) is 5.56 Å². The second-order valence-electron chi connectivity index (χ2n) is 5.52. The summed E-state index contributed by atoms with van der Waals surface area (Å²) in [7, 11) is 0. The van der Waals surface area contributed by atoms with Crippen LogP contribution in [-0.2, 0) is 11.2 Å². The highest BCUT2D eigenvalue weighted by molar-refractivity contribution is 7.98. The zero-order valence-corrected chi connectivity index (χ0v) is 12.9. The Morgan fingerprint density at radius 1 is 1.45 bits per heavy atom. The maximum Gasteiger partial charge on any atom is 0.239 e. The van der Waals surface area contributed by atoms with Gasteiger partial charge in [0, 0.05) is 13.1 Å². The van der Waals surface area contributed by atoms with Gasteiger partial charge in [0.05, 0.1) is 6.04 Å². The summed E-state index contributed by atoms with van der Waals surface area (Å²) in [4.78, 5) is 14.2. The minimum absolute atomic E-state index is 0.134. The largest absolute Gasteiger partial charge is 0.341 e. The lowest BCUT2D eigenvalue weighted by atomic mass is 9.99. The third kappa shape index (κ3) is 4.25. The number of nitrogens with two attached hydrogens (primary N) is 1. The maximum atomic E-state index is 12.2. The van der Waals surface area contributed by atoms with E-state index in [1.807, 2.05) is 17.2 Å². The van der Waals surface area contributed by atoms with Crippen molar-refractivity contribution in [1.29, 1.82) is 0 Å². The number of carbonyl (C=O) groups is 1. The first-order valence-electron chi connectivity index (χ1n) is 7.28. The van der Waals surface area contributed by atoms with Gasteiger partial charge in [-0.25, -0.2) is 0 Å². The Morgan fingerprint density at radius 3 is 2.90 bits per heavy atom. The van der Waals surface area contributed by atoms with Crippen molar-refractivity contribution in [3.63, 3.8) is 0 Å². The van der Waals surface area contributed by atoms with Crippen molar-refractivity contribution >= 4 is 17.7 Å². The number of rotatable bonds is 6. The molecule has 2 N–H and O–H groups in total. The van der Waals surface area contributed by atoms with E-state index in [9.17, 15) is 4.79 Å².